The third-order valence-corrected chi connectivity index (χ3v) is 4.82. The molecule has 0 fully saturated rings. The van der Waals surface area contributed by atoms with Gasteiger partial charge in [-0.2, -0.15) is 5.10 Å². The Morgan fingerprint density at radius 1 is 1.14 bits per heavy atom. The summed E-state index contributed by atoms with van der Waals surface area (Å²) in [4.78, 5) is 36.3. The first-order chi connectivity index (χ1) is 13.8. The van der Waals surface area contributed by atoms with Crippen LogP contribution in [0.25, 0.3) is 10.8 Å². The quantitative estimate of drug-likeness (QED) is 0.638. The predicted molar refractivity (Wildman–Crippen MR) is 110 cm³/mol. The van der Waals surface area contributed by atoms with Crippen molar-refractivity contribution < 1.29 is 14.7 Å². The van der Waals surface area contributed by atoms with Crippen LogP contribution in [0, 0.1) is 12.8 Å². The highest BCUT2D eigenvalue weighted by Crippen LogP contribution is 2.14. The van der Waals surface area contributed by atoms with Gasteiger partial charge < -0.3 is 10.4 Å². The number of nitrogens with zero attached hydrogens (tertiary/aromatic N) is 2. The van der Waals surface area contributed by atoms with Gasteiger partial charge in [-0.15, -0.1) is 0 Å². The zero-order chi connectivity index (χ0) is 21.0. The molecule has 7 nitrogen and oxygen atoms in total. The number of rotatable bonds is 7. The van der Waals surface area contributed by atoms with Crippen LogP contribution in [0.4, 0.5) is 0 Å². The molecule has 2 N–H and O–H groups in total. The Labute approximate surface area is 168 Å². The van der Waals surface area contributed by atoms with Crippen molar-refractivity contribution in [1.29, 1.82) is 0 Å². The maximum atomic E-state index is 12.5. The van der Waals surface area contributed by atoms with Gasteiger partial charge in [0, 0.05) is 19.0 Å². The zero-order valence-electron chi connectivity index (χ0n) is 16.4. The average molecular weight is 393 g/mol. The number of fused-ring (bicyclic) bond motifs is 1. The third kappa shape index (κ3) is 4.87. The van der Waals surface area contributed by atoms with Crippen LogP contribution in [0.15, 0.2) is 53.3 Å². The van der Waals surface area contributed by atoms with E-state index in [2.05, 4.69) is 10.4 Å². The SMILES string of the molecule is Cc1cccc(CC(CNC(=O)Cc2nn(C)c(=O)c3ccccc23)C(=O)O)c1. The van der Waals surface area contributed by atoms with E-state index in [9.17, 15) is 19.5 Å². The molecule has 0 radical (unpaired) electrons. The summed E-state index contributed by atoms with van der Waals surface area (Å²) in [5.74, 6) is -2.03. The molecule has 0 bridgehead atoms. The number of carbonyl (C=O) groups is 2. The van der Waals surface area contributed by atoms with Gasteiger partial charge in [0.25, 0.3) is 5.56 Å². The van der Waals surface area contributed by atoms with Crippen LogP contribution in [0.2, 0.25) is 0 Å². The second-order valence-corrected chi connectivity index (χ2v) is 7.13. The lowest BCUT2D eigenvalue weighted by Gasteiger charge is -2.14. The van der Waals surface area contributed by atoms with Crippen LogP contribution in [-0.4, -0.2) is 33.3 Å². The number of carboxylic acid groups (broad SMARTS) is 1. The van der Waals surface area contributed by atoms with E-state index in [4.69, 9.17) is 0 Å². The molecular weight excluding hydrogens is 370 g/mol. The maximum Gasteiger partial charge on any atom is 0.308 e. The van der Waals surface area contributed by atoms with Gasteiger partial charge in [0.05, 0.1) is 23.4 Å². The Hall–Kier alpha value is -3.48. The van der Waals surface area contributed by atoms with Crippen molar-refractivity contribution in [3.05, 3.63) is 75.7 Å². The molecule has 0 spiro atoms. The fourth-order valence-electron chi connectivity index (χ4n) is 3.33. The van der Waals surface area contributed by atoms with Crippen molar-refractivity contribution in [2.24, 2.45) is 13.0 Å². The lowest BCUT2D eigenvalue weighted by atomic mass is 9.98. The van der Waals surface area contributed by atoms with Crippen molar-refractivity contribution in [1.82, 2.24) is 15.1 Å². The van der Waals surface area contributed by atoms with Gasteiger partial charge in [0.1, 0.15) is 0 Å². The van der Waals surface area contributed by atoms with E-state index < -0.39 is 11.9 Å². The first kappa shape index (κ1) is 20.3. The van der Waals surface area contributed by atoms with E-state index >= 15 is 0 Å². The standard InChI is InChI=1S/C22H23N3O4/c1-14-6-5-7-15(10-14)11-16(22(28)29)13-23-20(26)12-19-17-8-3-4-9-18(17)21(27)25(2)24-19/h3-10,16H,11-13H2,1-2H3,(H,23,26)(H,28,29). The number of benzene rings is 2. The van der Waals surface area contributed by atoms with Gasteiger partial charge in [-0.25, -0.2) is 4.68 Å². The Kier molecular flexibility index (Phi) is 6.07. The van der Waals surface area contributed by atoms with Gasteiger partial charge in [0.15, 0.2) is 0 Å². The van der Waals surface area contributed by atoms with Crippen LogP contribution < -0.4 is 10.9 Å². The topological polar surface area (TPSA) is 101 Å². The Bertz CT molecular complexity index is 1120. The van der Waals surface area contributed by atoms with Gasteiger partial charge >= 0.3 is 5.97 Å². The van der Waals surface area contributed by atoms with Crippen molar-refractivity contribution in [2.45, 2.75) is 19.8 Å². The van der Waals surface area contributed by atoms with Gasteiger partial charge in [0.2, 0.25) is 5.91 Å². The Morgan fingerprint density at radius 2 is 1.86 bits per heavy atom. The van der Waals surface area contributed by atoms with Gasteiger partial charge in [-0.05, 0) is 25.0 Å². The maximum absolute atomic E-state index is 12.5. The van der Waals surface area contributed by atoms with Crippen LogP contribution in [0.1, 0.15) is 16.8 Å². The van der Waals surface area contributed by atoms with Gasteiger partial charge in [-0.1, -0.05) is 48.0 Å². The minimum absolute atomic E-state index is 0.0196. The summed E-state index contributed by atoms with van der Waals surface area (Å²) in [6.45, 7) is 1.97. The van der Waals surface area contributed by atoms with Crippen molar-refractivity contribution in [3.63, 3.8) is 0 Å². The molecule has 3 aromatic rings. The molecule has 0 aliphatic carbocycles. The van der Waals surface area contributed by atoms with Crippen LogP contribution in [0.5, 0.6) is 0 Å². The summed E-state index contributed by atoms with van der Waals surface area (Å²) in [6.07, 6.45) is 0.295. The summed E-state index contributed by atoms with van der Waals surface area (Å²) >= 11 is 0. The molecule has 7 heteroatoms. The largest absolute Gasteiger partial charge is 0.481 e. The molecule has 150 valence electrons. The molecule has 1 aromatic heterocycles. The van der Waals surface area contributed by atoms with Crippen LogP contribution in [-0.2, 0) is 29.5 Å². The molecule has 0 saturated heterocycles. The monoisotopic (exact) mass is 393 g/mol. The van der Waals surface area contributed by atoms with E-state index in [1.807, 2.05) is 31.2 Å². The smallest absolute Gasteiger partial charge is 0.308 e. The molecule has 0 aliphatic heterocycles. The average Bonchev–Trinajstić information content (AvgIpc) is 2.69. The molecule has 1 heterocycles. The minimum atomic E-state index is -0.961. The second-order valence-electron chi connectivity index (χ2n) is 7.13. The molecule has 1 amide bonds. The summed E-state index contributed by atoms with van der Waals surface area (Å²) in [6, 6.07) is 14.7. The molecule has 1 unspecified atom stereocenters. The summed E-state index contributed by atoms with van der Waals surface area (Å²) in [5.41, 5.74) is 2.22. The van der Waals surface area contributed by atoms with Crippen LogP contribution in [0.3, 0.4) is 0 Å². The second kappa shape index (κ2) is 8.68. The number of hydrogen-bond acceptors (Lipinski definition) is 4. The van der Waals surface area contributed by atoms with Crippen molar-refractivity contribution in [3.8, 4) is 0 Å². The summed E-state index contributed by atoms with van der Waals surface area (Å²) in [7, 11) is 1.54. The minimum Gasteiger partial charge on any atom is -0.481 e. The molecule has 1 atom stereocenters. The lowest BCUT2D eigenvalue weighted by Crippen LogP contribution is -2.35. The molecule has 2 aromatic carbocycles. The number of aryl methyl sites for hydroxylation is 2. The first-order valence-corrected chi connectivity index (χ1v) is 9.35. The van der Waals surface area contributed by atoms with Crippen molar-refractivity contribution >= 4 is 22.6 Å². The highest BCUT2D eigenvalue weighted by atomic mass is 16.4. The van der Waals surface area contributed by atoms with E-state index in [-0.39, 0.29) is 24.4 Å². The summed E-state index contributed by atoms with van der Waals surface area (Å²) < 4.78 is 1.21. The summed E-state index contributed by atoms with van der Waals surface area (Å²) in [5, 5.41) is 17.5. The zero-order valence-corrected chi connectivity index (χ0v) is 16.4. The van der Waals surface area contributed by atoms with Crippen LogP contribution >= 0.6 is 0 Å². The number of aromatic nitrogens is 2. The fourth-order valence-corrected chi connectivity index (χ4v) is 3.33. The van der Waals surface area contributed by atoms with Gasteiger partial charge in [-0.3, -0.25) is 14.4 Å². The van der Waals surface area contributed by atoms with E-state index in [0.29, 0.717) is 22.9 Å². The number of aliphatic carboxylic acids is 1. The fraction of sp³-hybridized carbons (Fsp3) is 0.273. The van der Waals surface area contributed by atoms with E-state index in [1.54, 1.807) is 31.3 Å². The number of amides is 1. The molecule has 29 heavy (non-hydrogen) atoms. The predicted octanol–water partition coefficient (Wildman–Crippen LogP) is 1.84. The highest BCUT2D eigenvalue weighted by molar-refractivity contribution is 5.88. The Balaban J connectivity index is 1.70. The number of carboxylic acids is 1. The van der Waals surface area contributed by atoms with E-state index in [1.165, 1.54) is 4.68 Å². The molecular formula is C22H23N3O4. The number of hydrogen-bond donors (Lipinski definition) is 2. The van der Waals surface area contributed by atoms with Crippen molar-refractivity contribution in [2.75, 3.05) is 6.54 Å². The van der Waals surface area contributed by atoms with E-state index in [0.717, 1.165) is 11.1 Å². The normalized spacial score (nSPS) is 11.9. The lowest BCUT2D eigenvalue weighted by molar-refractivity contribution is -0.141. The highest BCUT2D eigenvalue weighted by Gasteiger charge is 2.20. The third-order valence-electron chi connectivity index (χ3n) is 4.82. The molecule has 0 aliphatic rings. The molecule has 3 rings (SSSR count). The number of nitrogens with one attached hydrogen (secondary N) is 1. The first-order valence-electron chi connectivity index (χ1n) is 9.35. The number of carbonyl (C=O) groups excluding carboxylic acids is 1. The Morgan fingerprint density at radius 3 is 2.55 bits per heavy atom. The molecule has 0 saturated carbocycles.